The monoisotopic (exact) mass is 270 g/mol. The van der Waals surface area contributed by atoms with Crippen molar-refractivity contribution in [2.24, 2.45) is 0 Å². The average Bonchev–Trinajstić information content (AvgIpc) is 2.83. The lowest BCUT2D eigenvalue weighted by atomic mass is 10.3. The van der Waals surface area contributed by atoms with Crippen LogP contribution in [-0.4, -0.2) is 8.42 Å². The average molecular weight is 270 g/mol. The zero-order chi connectivity index (χ0) is 13.2. The Hall–Kier alpha value is -1.86. The number of nitrogens with one attached hydrogen (secondary N) is 1. The van der Waals surface area contributed by atoms with Gasteiger partial charge in [-0.15, -0.1) is 0 Å². The lowest BCUT2D eigenvalue weighted by Gasteiger charge is -2.08. The van der Waals surface area contributed by atoms with Crippen molar-refractivity contribution in [3.05, 3.63) is 48.2 Å². The van der Waals surface area contributed by atoms with Crippen molar-refractivity contribution in [1.82, 2.24) is 4.72 Å². The molecular formula is C11H11FN2O3S. The zero-order valence-corrected chi connectivity index (χ0v) is 10.1. The van der Waals surface area contributed by atoms with E-state index in [1.165, 1.54) is 18.6 Å². The molecule has 7 heteroatoms. The molecule has 1 heterocycles. The van der Waals surface area contributed by atoms with E-state index in [1.807, 2.05) is 0 Å². The number of nitrogens with two attached hydrogens (primary N) is 1. The van der Waals surface area contributed by atoms with Gasteiger partial charge >= 0.3 is 0 Å². The lowest BCUT2D eigenvalue weighted by molar-refractivity contribution is 0.561. The molecule has 0 saturated heterocycles. The Morgan fingerprint density at radius 2 is 2.11 bits per heavy atom. The predicted octanol–water partition coefficient (Wildman–Crippen LogP) is 1.48. The van der Waals surface area contributed by atoms with Crippen LogP contribution in [0.5, 0.6) is 0 Å². The van der Waals surface area contributed by atoms with Gasteiger partial charge in [0.15, 0.2) is 0 Å². The third kappa shape index (κ3) is 2.69. The summed E-state index contributed by atoms with van der Waals surface area (Å²) >= 11 is 0. The minimum atomic E-state index is -3.85. The number of anilines is 1. The summed E-state index contributed by atoms with van der Waals surface area (Å²) in [6.07, 6.45) is 2.84. The van der Waals surface area contributed by atoms with Crippen molar-refractivity contribution < 1.29 is 17.2 Å². The molecule has 2 rings (SSSR count). The molecule has 0 fully saturated rings. The molecule has 2 aromatic rings. The van der Waals surface area contributed by atoms with Gasteiger partial charge < -0.3 is 10.2 Å². The molecule has 0 unspecified atom stereocenters. The maximum Gasteiger partial charge on any atom is 0.243 e. The molecule has 18 heavy (non-hydrogen) atoms. The van der Waals surface area contributed by atoms with Crippen LogP contribution in [0.4, 0.5) is 10.1 Å². The van der Waals surface area contributed by atoms with Gasteiger partial charge in [0.05, 0.1) is 18.2 Å². The highest BCUT2D eigenvalue weighted by atomic mass is 32.2. The minimum absolute atomic E-state index is 0.00362. The summed E-state index contributed by atoms with van der Waals surface area (Å²) in [6, 6.07) is 4.82. The first-order valence-electron chi connectivity index (χ1n) is 5.05. The van der Waals surface area contributed by atoms with Crippen LogP contribution in [0.3, 0.4) is 0 Å². The number of benzene rings is 1. The van der Waals surface area contributed by atoms with Gasteiger partial charge in [-0.1, -0.05) is 0 Å². The van der Waals surface area contributed by atoms with Crippen molar-refractivity contribution in [2.45, 2.75) is 11.4 Å². The molecule has 0 amide bonds. The Balaban J connectivity index is 2.22. The van der Waals surface area contributed by atoms with E-state index in [4.69, 9.17) is 10.2 Å². The predicted molar refractivity (Wildman–Crippen MR) is 63.5 cm³/mol. The van der Waals surface area contributed by atoms with E-state index in [0.29, 0.717) is 5.56 Å². The van der Waals surface area contributed by atoms with Crippen LogP contribution in [0.1, 0.15) is 5.56 Å². The van der Waals surface area contributed by atoms with Crippen molar-refractivity contribution in [2.75, 3.05) is 5.73 Å². The van der Waals surface area contributed by atoms with E-state index in [2.05, 4.69) is 4.72 Å². The summed E-state index contributed by atoms with van der Waals surface area (Å²) in [5.41, 5.74) is 6.18. The zero-order valence-electron chi connectivity index (χ0n) is 9.26. The van der Waals surface area contributed by atoms with Crippen LogP contribution in [0.25, 0.3) is 0 Å². The molecular weight excluding hydrogens is 259 g/mol. The van der Waals surface area contributed by atoms with Crippen LogP contribution in [-0.2, 0) is 16.6 Å². The first-order valence-corrected chi connectivity index (χ1v) is 6.53. The molecule has 0 aliphatic carbocycles. The van der Waals surface area contributed by atoms with Gasteiger partial charge in [0.25, 0.3) is 0 Å². The van der Waals surface area contributed by atoms with Gasteiger partial charge in [-0.25, -0.2) is 17.5 Å². The van der Waals surface area contributed by atoms with Crippen LogP contribution < -0.4 is 10.5 Å². The Bertz CT molecular complexity index is 638. The quantitative estimate of drug-likeness (QED) is 0.824. The smallest absolute Gasteiger partial charge is 0.243 e. The summed E-state index contributed by atoms with van der Waals surface area (Å²) in [7, 11) is -3.85. The van der Waals surface area contributed by atoms with Crippen LogP contribution in [0.15, 0.2) is 46.1 Å². The van der Waals surface area contributed by atoms with Crippen molar-refractivity contribution in [3.63, 3.8) is 0 Å². The number of rotatable bonds is 4. The Morgan fingerprint density at radius 3 is 2.78 bits per heavy atom. The highest BCUT2D eigenvalue weighted by Crippen LogP contribution is 2.19. The van der Waals surface area contributed by atoms with Crippen LogP contribution in [0, 0.1) is 5.82 Å². The number of sulfonamides is 1. The number of hydrogen-bond donors (Lipinski definition) is 2. The van der Waals surface area contributed by atoms with Crippen molar-refractivity contribution >= 4 is 15.7 Å². The molecule has 0 saturated carbocycles. The summed E-state index contributed by atoms with van der Waals surface area (Å²) in [5, 5.41) is 0. The van der Waals surface area contributed by atoms with E-state index in [9.17, 15) is 12.8 Å². The molecule has 5 nitrogen and oxygen atoms in total. The second-order valence-corrected chi connectivity index (χ2v) is 5.37. The summed E-state index contributed by atoms with van der Waals surface area (Å²) in [6.45, 7) is 0.0504. The summed E-state index contributed by atoms with van der Waals surface area (Å²) in [4.78, 5) is -0.272. The van der Waals surface area contributed by atoms with Gasteiger partial charge in [-0.2, -0.15) is 0 Å². The third-order valence-electron chi connectivity index (χ3n) is 2.31. The Kier molecular flexibility index (Phi) is 3.35. The minimum Gasteiger partial charge on any atom is -0.472 e. The van der Waals surface area contributed by atoms with E-state index in [0.717, 1.165) is 12.1 Å². The molecule has 0 bridgehead atoms. The number of hydrogen-bond acceptors (Lipinski definition) is 4. The SMILES string of the molecule is Nc1ccc(F)cc1S(=O)(=O)NCc1ccoc1. The molecule has 0 atom stereocenters. The molecule has 96 valence electrons. The van der Waals surface area contributed by atoms with Crippen molar-refractivity contribution in [1.29, 1.82) is 0 Å². The first-order chi connectivity index (χ1) is 8.49. The van der Waals surface area contributed by atoms with E-state index in [-0.39, 0.29) is 17.1 Å². The summed E-state index contributed by atoms with van der Waals surface area (Å²) < 4.78 is 44.0. The Labute approximate surface area is 103 Å². The first kappa shape index (κ1) is 12.6. The fourth-order valence-electron chi connectivity index (χ4n) is 1.39. The Morgan fingerprint density at radius 1 is 1.33 bits per heavy atom. The van der Waals surface area contributed by atoms with E-state index in [1.54, 1.807) is 6.07 Å². The van der Waals surface area contributed by atoms with Gasteiger partial charge in [0.1, 0.15) is 10.7 Å². The molecule has 1 aromatic carbocycles. The maximum atomic E-state index is 13.0. The largest absolute Gasteiger partial charge is 0.472 e. The normalized spacial score (nSPS) is 11.6. The van der Waals surface area contributed by atoms with Gasteiger partial charge in [-0.3, -0.25) is 0 Å². The highest BCUT2D eigenvalue weighted by Gasteiger charge is 2.18. The maximum absolute atomic E-state index is 13.0. The summed E-state index contributed by atoms with van der Waals surface area (Å²) in [5.74, 6) is -0.659. The second-order valence-electron chi connectivity index (χ2n) is 3.64. The molecule has 3 N–H and O–H groups in total. The van der Waals surface area contributed by atoms with Crippen LogP contribution in [0.2, 0.25) is 0 Å². The molecule has 0 spiro atoms. The fraction of sp³-hybridized carbons (Fsp3) is 0.0909. The van der Waals surface area contributed by atoms with Crippen LogP contribution >= 0.6 is 0 Å². The third-order valence-corrected chi connectivity index (χ3v) is 3.77. The van der Waals surface area contributed by atoms with Crippen molar-refractivity contribution in [3.8, 4) is 0 Å². The standard InChI is InChI=1S/C11H11FN2O3S/c12-9-1-2-10(13)11(5-9)18(15,16)14-6-8-3-4-17-7-8/h1-5,7,14H,6,13H2. The lowest BCUT2D eigenvalue weighted by Crippen LogP contribution is -2.24. The fourth-order valence-corrected chi connectivity index (χ4v) is 2.55. The number of furan rings is 1. The van der Waals surface area contributed by atoms with Gasteiger partial charge in [0, 0.05) is 12.1 Å². The number of halogens is 1. The topological polar surface area (TPSA) is 85.3 Å². The van der Waals surface area contributed by atoms with E-state index < -0.39 is 15.8 Å². The molecule has 0 aliphatic heterocycles. The molecule has 0 aliphatic rings. The molecule has 1 aromatic heterocycles. The van der Waals surface area contributed by atoms with E-state index >= 15 is 0 Å². The van der Waals surface area contributed by atoms with Gasteiger partial charge in [0.2, 0.25) is 10.0 Å². The van der Waals surface area contributed by atoms with Gasteiger partial charge in [-0.05, 0) is 24.3 Å². The number of nitrogen functional groups attached to an aromatic ring is 1. The highest BCUT2D eigenvalue weighted by molar-refractivity contribution is 7.89. The second kappa shape index (κ2) is 4.79. The molecule has 0 radical (unpaired) electrons.